The van der Waals surface area contributed by atoms with E-state index in [1.165, 1.54) is 4.90 Å². The standard InChI is InChI=1S/C31H32N2O4/c1-4-21-15-11-16-22(5-2)27(21)33-28(34)24-25(29(33)35)31(30(36)37,18-20-13-7-6-8-14-20)32-26(24)23-17-10-9-12-19(23)3/h6-17,24-26,32H,4-5,18H2,1-3H3,(H,36,37). The molecule has 3 aromatic carbocycles. The van der Waals surface area contributed by atoms with Crippen molar-refractivity contribution in [2.24, 2.45) is 11.8 Å². The van der Waals surface area contributed by atoms with E-state index in [4.69, 9.17) is 0 Å². The van der Waals surface area contributed by atoms with Crippen LogP contribution in [-0.4, -0.2) is 28.4 Å². The predicted octanol–water partition coefficient (Wildman–Crippen LogP) is 4.64. The zero-order chi connectivity index (χ0) is 26.3. The van der Waals surface area contributed by atoms with E-state index in [9.17, 15) is 19.5 Å². The van der Waals surface area contributed by atoms with Gasteiger partial charge in [0, 0.05) is 12.5 Å². The van der Waals surface area contributed by atoms with Crippen LogP contribution < -0.4 is 10.2 Å². The summed E-state index contributed by atoms with van der Waals surface area (Å²) in [5.74, 6) is -3.76. The number of anilines is 1. The van der Waals surface area contributed by atoms with E-state index in [1.807, 2.05) is 93.6 Å². The molecule has 6 nitrogen and oxygen atoms in total. The van der Waals surface area contributed by atoms with Crippen LogP contribution in [0.3, 0.4) is 0 Å². The van der Waals surface area contributed by atoms with Crippen LogP contribution >= 0.6 is 0 Å². The lowest BCUT2D eigenvalue weighted by Gasteiger charge is -2.32. The molecule has 37 heavy (non-hydrogen) atoms. The number of carboxylic acids is 1. The second-order valence-electron chi connectivity index (χ2n) is 10.1. The van der Waals surface area contributed by atoms with Crippen molar-refractivity contribution in [3.8, 4) is 0 Å². The largest absolute Gasteiger partial charge is 0.480 e. The van der Waals surface area contributed by atoms with Gasteiger partial charge in [-0.15, -0.1) is 0 Å². The molecule has 2 N–H and O–H groups in total. The first-order valence-electron chi connectivity index (χ1n) is 12.9. The molecule has 190 valence electrons. The first-order chi connectivity index (χ1) is 17.8. The van der Waals surface area contributed by atoms with Crippen molar-refractivity contribution in [3.05, 3.63) is 101 Å². The summed E-state index contributed by atoms with van der Waals surface area (Å²) in [6.07, 6.45) is 1.40. The van der Waals surface area contributed by atoms with Crippen molar-refractivity contribution < 1.29 is 19.5 Å². The van der Waals surface area contributed by atoms with Crippen LogP contribution in [0.15, 0.2) is 72.8 Å². The number of carboxylic acid groups (broad SMARTS) is 1. The average Bonchev–Trinajstić information content (AvgIpc) is 3.38. The molecule has 4 atom stereocenters. The summed E-state index contributed by atoms with van der Waals surface area (Å²) in [5, 5.41) is 14.1. The Bertz CT molecular complexity index is 1350. The number of para-hydroxylation sites is 1. The number of imide groups is 1. The topological polar surface area (TPSA) is 86.7 Å². The number of carbonyl (C=O) groups is 3. The maximum atomic E-state index is 14.3. The molecule has 0 aliphatic carbocycles. The summed E-state index contributed by atoms with van der Waals surface area (Å²) in [5.41, 5.74) is 3.39. The third-order valence-corrected chi connectivity index (χ3v) is 8.07. The smallest absolute Gasteiger partial charge is 0.325 e. The third-order valence-electron chi connectivity index (χ3n) is 8.07. The number of fused-ring (bicyclic) bond motifs is 1. The lowest BCUT2D eigenvalue weighted by molar-refractivity contribution is -0.148. The van der Waals surface area contributed by atoms with Gasteiger partial charge >= 0.3 is 5.97 Å². The van der Waals surface area contributed by atoms with Crippen LogP contribution in [-0.2, 0) is 33.6 Å². The number of nitrogens with zero attached hydrogens (tertiary/aromatic N) is 1. The fourth-order valence-corrected chi connectivity index (χ4v) is 6.28. The molecule has 2 fully saturated rings. The Balaban J connectivity index is 1.72. The number of aryl methyl sites for hydroxylation is 3. The summed E-state index contributed by atoms with van der Waals surface area (Å²) < 4.78 is 0. The highest BCUT2D eigenvalue weighted by Crippen LogP contribution is 2.52. The van der Waals surface area contributed by atoms with Gasteiger partial charge in [0.1, 0.15) is 5.54 Å². The van der Waals surface area contributed by atoms with Gasteiger partial charge in [-0.3, -0.25) is 19.7 Å². The number of hydrogen-bond acceptors (Lipinski definition) is 4. The summed E-state index contributed by atoms with van der Waals surface area (Å²) >= 11 is 0. The number of hydrogen-bond donors (Lipinski definition) is 2. The van der Waals surface area contributed by atoms with Gasteiger partial charge in [0.05, 0.1) is 17.5 Å². The molecule has 5 rings (SSSR count). The fourth-order valence-electron chi connectivity index (χ4n) is 6.28. The van der Waals surface area contributed by atoms with Crippen LogP contribution in [0.1, 0.15) is 47.7 Å². The Morgan fingerprint density at radius 3 is 2.11 bits per heavy atom. The van der Waals surface area contributed by atoms with Crippen molar-refractivity contribution in [2.45, 2.75) is 51.6 Å². The molecule has 0 bridgehead atoms. The third kappa shape index (κ3) is 3.87. The minimum Gasteiger partial charge on any atom is -0.480 e. The van der Waals surface area contributed by atoms with Gasteiger partial charge in [0.15, 0.2) is 0 Å². The summed E-state index contributed by atoms with van der Waals surface area (Å²) in [6, 6.07) is 22.2. The first-order valence-corrected chi connectivity index (χ1v) is 12.9. The minimum absolute atomic E-state index is 0.0929. The SMILES string of the molecule is CCc1cccc(CC)c1N1C(=O)C2C(c3ccccc3C)NC(Cc3ccccc3)(C(=O)O)C2C1=O. The Kier molecular flexibility index (Phi) is 6.46. The van der Waals surface area contributed by atoms with Crippen molar-refractivity contribution in [1.82, 2.24) is 5.32 Å². The molecule has 0 radical (unpaired) electrons. The van der Waals surface area contributed by atoms with Gasteiger partial charge < -0.3 is 5.11 Å². The fraction of sp³-hybridized carbons (Fsp3) is 0.323. The molecule has 3 aromatic rings. The Morgan fingerprint density at radius 2 is 1.51 bits per heavy atom. The first kappa shape index (κ1) is 24.9. The lowest BCUT2D eigenvalue weighted by Crippen LogP contribution is -2.57. The number of amides is 2. The predicted molar refractivity (Wildman–Crippen MR) is 142 cm³/mol. The number of aliphatic carboxylic acids is 1. The Hall–Kier alpha value is -3.77. The van der Waals surface area contributed by atoms with Gasteiger partial charge in [-0.25, -0.2) is 4.90 Å². The molecule has 2 aliphatic rings. The van der Waals surface area contributed by atoms with E-state index in [1.54, 1.807) is 0 Å². The maximum absolute atomic E-state index is 14.3. The van der Waals surface area contributed by atoms with Gasteiger partial charge in [0.25, 0.3) is 0 Å². The monoisotopic (exact) mass is 496 g/mol. The molecular formula is C31H32N2O4. The highest BCUT2D eigenvalue weighted by atomic mass is 16.4. The highest BCUT2D eigenvalue weighted by molar-refractivity contribution is 6.25. The summed E-state index contributed by atoms with van der Waals surface area (Å²) in [6.45, 7) is 5.95. The van der Waals surface area contributed by atoms with Gasteiger partial charge in [-0.2, -0.15) is 0 Å². The molecule has 6 heteroatoms. The second kappa shape index (κ2) is 9.60. The van der Waals surface area contributed by atoms with Crippen LogP contribution in [0.25, 0.3) is 0 Å². The molecule has 2 aliphatic heterocycles. The molecule has 0 spiro atoms. The zero-order valence-electron chi connectivity index (χ0n) is 21.4. The van der Waals surface area contributed by atoms with Crippen molar-refractivity contribution >= 4 is 23.5 Å². The van der Waals surface area contributed by atoms with Gasteiger partial charge in [-0.05, 0) is 47.6 Å². The zero-order valence-corrected chi connectivity index (χ0v) is 21.4. The quantitative estimate of drug-likeness (QED) is 0.466. The molecule has 0 aromatic heterocycles. The molecular weight excluding hydrogens is 464 g/mol. The van der Waals surface area contributed by atoms with Crippen LogP contribution in [0.5, 0.6) is 0 Å². The van der Waals surface area contributed by atoms with E-state index in [0.29, 0.717) is 18.5 Å². The maximum Gasteiger partial charge on any atom is 0.325 e. The normalized spacial score (nSPS) is 24.9. The van der Waals surface area contributed by atoms with Crippen LogP contribution in [0.4, 0.5) is 5.69 Å². The summed E-state index contributed by atoms with van der Waals surface area (Å²) in [7, 11) is 0. The summed E-state index contributed by atoms with van der Waals surface area (Å²) in [4.78, 5) is 43.0. The van der Waals surface area contributed by atoms with Crippen molar-refractivity contribution in [2.75, 3.05) is 4.90 Å². The van der Waals surface area contributed by atoms with E-state index >= 15 is 0 Å². The van der Waals surface area contributed by atoms with Gasteiger partial charge in [-0.1, -0.05) is 86.6 Å². The van der Waals surface area contributed by atoms with Crippen molar-refractivity contribution in [3.63, 3.8) is 0 Å². The molecule has 0 saturated carbocycles. The number of carbonyl (C=O) groups excluding carboxylic acids is 2. The number of nitrogens with one attached hydrogen (secondary N) is 1. The van der Waals surface area contributed by atoms with E-state index in [2.05, 4.69) is 5.32 Å². The van der Waals surface area contributed by atoms with Gasteiger partial charge in [0.2, 0.25) is 11.8 Å². The van der Waals surface area contributed by atoms with Crippen molar-refractivity contribution in [1.29, 1.82) is 0 Å². The highest BCUT2D eigenvalue weighted by Gasteiger charge is 2.69. The van der Waals surface area contributed by atoms with E-state index in [-0.39, 0.29) is 12.3 Å². The molecule has 2 heterocycles. The Labute approximate surface area is 217 Å². The average molecular weight is 497 g/mol. The number of benzene rings is 3. The number of rotatable bonds is 7. The van der Waals surface area contributed by atoms with Crippen LogP contribution in [0, 0.1) is 18.8 Å². The molecule has 2 amide bonds. The van der Waals surface area contributed by atoms with Crippen LogP contribution in [0.2, 0.25) is 0 Å². The molecule has 2 saturated heterocycles. The second-order valence-corrected chi connectivity index (χ2v) is 10.1. The minimum atomic E-state index is -1.63. The van der Waals surface area contributed by atoms with E-state index < -0.39 is 35.3 Å². The van der Waals surface area contributed by atoms with E-state index in [0.717, 1.165) is 27.8 Å². The molecule has 4 unspecified atom stereocenters. The lowest BCUT2D eigenvalue weighted by atomic mass is 9.76. The Morgan fingerprint density at radius 1 is 0.892 bits per heavy atom.